The maximum absolute atomic E-state index is 12.7. The largest absolute Gasteiger partial charge is 0.462 e. The molecule has 0 aliphatic carbocycles. The van der Waals surface area contributed by atoms with E-state index in [1.54, 1.807) is 0 Å². The highest BCUT2D eigenvalue weighted by Gasteiger charge is 2.17. The summed E-state index contributed by atoms with van der Waals surface area (Å²) >= 11 is 0. The van der Waals surface area contributed by atoms with Crippen molar-refractivity contribution >= 4 is 11.9 Å². The topological polar surface area (TPSA) is 61.8 Å². The molecule has 0 radical (unpaired) electrons. The van der Waals surface area contributed by atoms with Crippen LogP contribution in [0.25, 0.3) is 0 Å². The second kappa shape index (κ2) is 45.3. The molecule has 0 saturated carbocycles. The van der Waals surface area contributed by atoms with Gasteiger partial charge in [0.25, 0.3) is 0 Å². The SMILES string of the molecule is CCCC/C=C\CCCCCCCC(=O)OCC(COCCCCCCCC/C=C\C/C=C\CCCCC)OC(=O)CCCCCCC/C=C\CCCC. The van der Waals surface area contributed by atoms with E-state index >= 15 is 0 Å². The summed E-state index contributed by atoms with van der Waals surface area (Å²) in [7, 11) is 0. The molecule has 0 amide bonds. The van der Waals surface area contributed by atoms with E-state index in [1.807, 2.05) is 0 Å². The minimum atomic E-state index is -0.545. The lowest BCUT2D eigenvalue weighted by atomic mass is 10.1. The molecule has 0 aliphatic heterocycles. The fourth-order valence-electron chi connectivity index (χ4n) is 6.27. The first kappa shape index (κ1) is 51.9. The van der Waals surface area contributed by atoms with Crippen molar-refractivity contribution in [2.75, 3.05) is 19.8 Å². The normalized spacial score (nSPS) is 12.6. The van der Waals surface area contributed by atoms with Crippen LogP contribution in [-0.4, -0.2) is 37.9 Å². The second-order valence-corrected chi connectivity index (χ2v) is 15.3. The molecule has 1 unspecified atom stereocenters. The van der Waals surface area contributed by atoms with Gasteiger partial charge in [-0.05, 0) is 89.9 Å². The summed E-state index contributed by atoms with van der Waals surface area (Å²) < 4.78 is 17.3. The van der Waals surface area contributed by atoms with Crippen molar-refractivity contribution in [3.05, 3.63) is 48.6 Å². The molecule has 0 bridgehead atoms. The predicted octanol–water partition coefficient (Wildman–Crippen LogP) is 15.2. The van der Waals surface area contributed by atoms with Gasteiger partial charge in [0.05, 0.1) is 6.61 Å². The highest BCUT2D eigenvalue weighted by molar-refractivity contribution is 5.70. The van der Waals surface area contributed by atoms with E-state index in [0.717, 1.165) is 70.6 Å². The van der Waals surface area contributed by atoms with Gasteiger partial charge in [0.15, 0.2) is 6.10 Å². The van der Waals surface area contributed by atoms with Crippen LogP contribution in [0.15, 0.2) is 48.6 Å². The molecule has 5 heteroatoms. The van der Waals surface area contributed by atoms with Crippen molar-refractivity contribution in [2.45, 2.75) is 232 Å². The Kier molecular flexibility index (Phi) is 43.5. The average Bonchev–Trinajstić information content (AvgIpc) is 3.17. The summed E-state index contributed by atoms with van der Waals surface area (Å²) in [4.78, 5) is 25.2. The Morgan fingerprint density at radius 3 is 1.30 bits per heavy atom. The Morgan fingerprint density at radius 1 is 0.407 bits per heavy atom. The van der Waals surface area contributed by atoms with Gasteiger partial charge in [-0.15, -0.1) is 0 Å². The van der Waals surface area contributed by atoms with Gasteiger partial charge in [-0.1, -0.05) is 172 Å². The molecule has 0 rings (SSSR count). The molecule has 0 aliphatic rings. The first-order valence-corrected chi connectivity index (χ1v) is 23.2. The van der Waals surface area contributed by atoms with Crippen molar-refractivity contribution in [2.24, 2.45) is 0 Å². The van der Waals surface area contributed by atoms with Gasteiger partial charge in [0.2, 0.25) is 0 Å². The average molecular weight is 757 g/mol. The number of rotatable bonds is 42. The number of esters is 2. The monoisotopic (exact) mass is 757 g/mol. The van der Waals surface area contributed by atoms with Gasteiger partial charge in [-0.2, -0.15) is 0 Å². The number of carbonyl (C=O) groups is 2. The lowest BCUT2D eigenvalue weighted by Gasteiger charge is -2.18. The maximum Gasteiger partial charge on any atom is 0.306 e. The fourth-order valence-corrected chi connectivity index (χ4v) is 6.27. The molecule has 0 aromatic rings. The third-order valence-electron chi connectivity index (χ3n) is 9.81. The van der Waals surface area contributed by atoms with Crippen LogP contribution in [0.5, 0.6) is 0 Å². The van der Waals surface area contributed by atoms with Crippen LogP contribution in [0, 0.1) is 0 Å². The number of carbonyl (C=O) groups excluding carboxylic acids is 2. The Hall–Kier alpha value is -2.14. The Morgan fingerprint density at radius 2 is 0.796 bits per heavy atom. The zero-order chi connectivity index (χ0) is 39.3. The van der Waals surface area contributed by atoms with Crippen LogP contribution in [0.1, 0.15) is 226 Å². The minimum absolute atomic E-state index is 0.0738. The van der Waals surface area contributed by atoms with Crippen LogP contribution >= 0.6 is 0 Å². The molecule has 0 heterocycles. The molecule has 0 spiro atoms. The van der Waals surface area contributed by atoms with E-state index in [4.69, 9.17) is 14.2 Å². The van der Waals surface area contributed by atoms with E-state index in [1.165, 1.54) is 122 Å². The van der Waals surface area contributed by atoms with Crippen LogP contribution < -0.4 is 0 Å². The maximum atomic E-state index is 12.7. The molecule has 0 aromatic carbocycles. The summed E-state index contributed by atoms with van der Waals surface area (Å²) in [5.41, 5.74) is 0. The van der Waals surface area contributed by atoms with Crippen molar-refractivity contribution in [1.82, 2.24) is 0 Å². The third kappa shape index (κ3) is 42.6. The van der Waals surface area contributed by atoms with E-state index in [0.29, 0.717) is 19.4 Å². The van der Waals surface area contributed by atoms with Gasteiger partial charge in [-0.3, -0.25) is 9.59 Å². The van der Waals surface area contributed by atoms with Crippen LogP contribution in [0.2, 0.25) is 0 Å². The number of hydrogen-bond acceptors (Lipinski definition) is 5. The quantitative estimate of drug-likeness (QED) is 0.0353. The van der Waals surface area contributed by atoms with Crippen LogP contribution in [-0.2, 0) is 23.8 Å². The first-order valence-electron chi connectivity index (χ1n) is 23.2. The van der Waals surface area contributed by atoms with Gasteiger partial charge >= 0.3 is 11.9 Å². The third-order valence-corrected chi connectivity index (χ3v) is 9.81. The molecular weight excluding hydrogens is 669 g/mol. The Balaban J connectivity index is 4.27. The highest BCUT2D eigenvalue weighted by Crippen LogP contribution is 2.13. The number of allylic oxidation sites excluding steroid dienone is 8. The van der Waals surface area contributed by atoms with Gasteiger partial charge in [-0.25, -0.2) is 0 Å². The van der Waals surface area contributed by atoms with Gasteiger partial charge in [0.1, 0.15) is 6.61 Å². The molecule has 0 saturated heterocycles. The van der Waals surface area contributed by atoms with Gasteiger partial charge < -0.3 is 14.2 Å². The lowest BCUT2D eigenvalue weighted by molar-refractivity contribution is -0.163. The predicted molar refractivity (Wildman–Crippen MR) is 233 cm³/mol. The fraction of sp³-hybridized carbons (Fsp3) is 0.796. The smallest absolute Gasteiger partial charge is 0.306 e. The van der Waals surface area contributed by atoms with Crippen molar-refractivity contribution in [3.63, 3.8) is 0 Å². The molecule has 0 fully saturated rings. The summed E-state index contributed by atoms with van der Waals surface area (Å²) in [6.07, 6.45) is 53.9. The van der Waals surface area contributed by atoms with Crippen molar-refractivity contribution in [3.8, 4) is 0 Å². The number of hydrogen-bond donors (Lipinski definition) is 0. The molecule has 0 aromatic heterocycles. The van der Waals surface area contributed by atoms with E-state index < -0.39 is 6.10 Å². The van der Waals surface area contributed by atoms with E-state index in [9.17, 15) is 9.59 Å². The van der Waals surface area contributed by atoms with Gasteiger partial charge in [0, 0.05) is 19.4 Å². The molecule has 54 heavy (non-hydrogen) atoms. The zero-order valence-corrected chi connectivity index (χ0v) is 36.0. The molecule has 314 valence electrons. The van der Waals surface area contributed by atoms with E-state index in [2.05, 4.69) is 69.4 Å². The zero-order valence-electron chi connectivity index (χ0n) is 36.0. The molecule has 1 atom stereocenters. The highest BCUT2D eigenvalue weighted by atomic mass is 16.6. The van der Waals surface area contributed by atoms with Crippen molar-refractivity contribution in [1.29, 1.82) is 0 Å². The summed E-state index contributed by atoms with van der Waals surface area (Å²) in [6.45, 7) is 7.69. The minimum Gasteiger partial charge on any atom is -0.462 e. The van der Waals surface area contributed by atoms with Crippen molar-refractivity contribution < 1.29 is 23.8 Å². The first-order chi connectivity index (χ1) is 26.6. The standard InChI is InChI=1S/C49H88O5/c1-4-7-10-13-16-19-22-23-24-25-26-29-32-35-38-41-44-52-45-47(54-49(51)43-40-37-34-31-28-21-18-15-12-9-6-3)46-53-48(50)42-39-36-33-30-27-20-17-14-11-8-5-2/h14-19,23-24,47H,4-13,20-22,25-46H2,1-3H3/b17-14-,18-15-,19-16-,24-23-. The lowest BCUT2D eigenvalue weighted by Crippen LogP contribution is -2.30. The Labute approximate surface area is 335 Å². The van der Waals surface area contributed by atoms with Crippen LogP contribution in [0.3, 0.4) is 0 Å². The molecule has 5 nitrogen and oxygen atoms in total. The summed E-state index contributed by atoms with van der Waals surface area (Å²) in [6, 6.07) is 0. The molecule has 0 N–H and O–H groups in total. The van der Waals surface area contributed by atoms with E-state index in [-0.39, 0.29) is 25.2 Å². The van der Waals surface area contributed by atoms with Crippen LogP contribution in [0.4, 0.5) is 0 Å². The summed E-state index contributed by atoms with van der Waals surface area (Å²) in [5.74, 6) is -0.423. The second-order valence-electron chi connectivity index (χ2n) is 15.3. The number of unbranched alkanes of at least 4 members (excludes halogenated alkanes) is 23. The summed E-state index contributed by atoms with van der Waals surface area (Å²) in [5, 5.41) is 0. The number of ether oxygens (including phenoxy) is 3. The Bertz CT molecular complexity index is 904. The molecular formula is C49H88O5.